The first-order valence-electron chi connectivity index (χ1n) is 6.12. The zero-order valence-corrected chi connectivity index (χ0v) is 11.6. The minimum absolute atomic E-state index is 0.350. The number of benzene rings is 1. The summed E-state index contributed by atoms with van der Waals surface area (Å²) >= 11 is 1.40. The van der Waals surface area contributed by atoms with Gasteiger partial charge in [0.15, 0.2) is 0 Å². The molecular weight excluding hydrogens is 278 g/mol. The van der Waals surface area contributed by atoms with Gasteiger partial charge in [-0.15, -0.1) is 5.10 Å². The number of esters is 1. The predicted octanol–water partition coefficient (Wildman–Crippen LogP) is 1.53. The van der Waals surface area contributed by atoms with Gasteiger partial charge in [-0.3, -0.25) is 0 Å². The van der Waals surface area contributed by atoms with Crippen molar-refractivity contribution in [1.82, 2.24) is 20.2 Å². The van der Waals surface area contributed by atoms with Crippen molar-refractivity contribution in [2.45, 2.75) is 28.9 Å². The Labute approximate surface area is 119 Å². The van der Waals surface area contributed by atoms with E-state index in [1.54, 1.807) is 12.1 Å². The summed E-state index contributed by atoms with van der Waals surface area (Å²) in [4.78, 5) is 12.5. The first-order valence-corrected chi connectivity index (χ1v) is 6.94. The van der Waals surface area contributed by atoms with Gasteiger partial charge in [-0.2, -0.15) is 0 Å². The van der Waals surface area contributed by atoms with E-state index in [0.29, 0.717) is 22.4 Å². The SMILES string of the molecule is COC(=O)c1cc(Sc2nnnn2C2CC2)ccc1N. The van der Waals surface area contributed by atoms with Crippen LogP contribution in [0.25, 0.3) is 0 Å². The first-order chi connectivity index (χ1) is 9.69. The molecule has 3 rings (SSSR count). The molecule has 2 aromatic rings. The van der Waals surface area contributed by atoms with Crippen LogP contribution in [0.1, 0.15) is 29.2 Å². The quantitative estimate of drug-likeness (QED) is 0.674. The molecule has 0 bridgehead atoms. The second kappa shape index (κ2) is 5.12. The smallest absolute Gasteiger partial charge is 0.339 e. The number of nitrogens with two attached hydrogens (primary N) is 1. The number of anilines is 1. The van der Waals surface area contributed by atoms with Gasteiger partial charge in [0.1, 0.15) is 0 Å². The standard InChI is InChI=1S/C12H13N5O2S/c1-19-11(18)9-6-8(4-5-10(9)13)20-12-14-15-16-17(12)7-2-3-7/h4-7H,2-3,13H2,1H3. The van der Waals surface area contributed by atoms with Crippen LogP contribution < -0.4 is 5.73 Å². The molecule has 1 aliphatic carbocycles. The van der Waals surface area contributed by atoms with Gasteiger partial charge in [0, 0.05) is 10.6 Å². The third-order valence-electron chi connectivity index (χ3n) is 2.99. The van der Waals surface area contributed by atoms with Crippen molar-refractivity contribution in [3.8, 4) is 0 Å². The van der Waals surface area contributed by atoms with Gasteiger partial charge in [0.25, 0.3) is 0 Å². The number of nitrogens with zero attached hydrogens (tertiary/aromatic N) is 4. The summed E-state index contributed by atoms with van der Waals surface area (Å²) in [6.07, 6.45) is 2.21. The molecule has 8 heteroatoms. The van der Waals surface area contributed by atoms with Gasteiger partial charge < -0.3 is 10.5 Å². The van der Waals surface area contributed by atoms with E-state index in [9.17, 15) is 4.79 Å². The van der Waals surface area contributed by atoms with Crippen LogP contribution in [0.4, 0.5) is 5.69 Å². The van der Waals surface area contributed by atoms with E-state index >= 15 is 0 Å². The number of nitrogen functional groups attached to an aromatic ring is 1. The molecule has 0 saturated heterocycles. The van der Waals surface area contributed by atoms with Crippen LogP contribution in [0.3, 0.4) is 0 Å². The van der Waals surface area contributed by atoms with Crippen LogP contribution in [-0.2, 0) is 4.74 Å². The Kier molecular flexibility index (Phi) is 3.31. The lowest BCUT2D eigenvalue weighted by Gasteiger charge is -2.06. The summed E-state index contributed by atoms with van der Waals surface area (Å²) in [5.41, 5.74) is 6.51. The summed E-state index contributed by atoms with van der Waals surface area (Å²) in [6, 6.07) is 5.61. The second-order valence-electron chi connectivity index (χ2n) is 4.48. The van der Waals surface area contributed by atoms with Crippen LogP contribution in [0, 0.1) is 0 Å². The molecule has 1 aliphatic rings. The monoisotopic (exact) mass is 291 g/mol. The Morgan fingerprint density at radius 1 is 1.50 bits per heavy atom. The maximum atomic E-state index is 11.6. The normalized spacial score (nSPS) is 14.2. The van der Waals surface area contributed by atoms with E-state index in [2.05, 4.69) is 15.5 Å². The molecule has 1 saturated carbocycles. The molecule has 1 heterocycles. The Balaban J connectivity index is 1.87. The Morgan fingerprint density at radius 2 is 2.30 bits per heavy atom. The van der Waals surface area contributed by atoms with E-state index < -0.39 is 5.97 Å². The van der Waals surface area contributed by atoms with Gasteiger partial charge >= 0.3 is 5.97 Å². The number of rotatable bonds is 4. The van der Waals surface area contributed by atoms with E-state index in [1.165, 1.54) is 18.9 Å². The first kappa shape index (κ1) is 12.9. The predicted molar refractivity (Wildman–Crippen MR) is 72.4 cm³/mol. The minimum atomic E-state index is -0.452. The molecule has 0 atom stereocenters. The summed E-state index contributed by atoms with van der Waals surface area (Å²) in [7, 11) is 1.33. The highest BCUT2D eigenvalue weighted by Crippen LogP contribution is 2.38. The lowest BCUT2D eigenvalue weighted by atomic mass is 10.2. The van der Waals surface area contributed by atoms with Gasteiger partial charge in [-0.25, -0.2) is 9.48 Å². The maximum Gasteiger partial charge on any atom is 0.339 e. The third kappa shape index (κ3) is 2.46. The lowest BCUT2D eigenvalue weighted by Crippen LogP contribution is -2.05. The molecule has 7 nitrogen and oxygen atoms in total. The topological polar surface area (TPSA) is 95.9 Å². The van der Waals surface area contributed by atoms with Crippen LogP contribution in [0.5, 0.6) is 0 Å². The fraction of sp³-hybridized carbons (Fsp3) is 0.333. The molecule has 1 aromatic carbocycles. The molecular formula is C12H13N5O2S. The van der Waals surface area contributed by atoms with Crippen molar-refractivity contribution in [2.75, 3.05) is 12.8 Å². The maximum absolute atomic E-state index is 11.6. The van der Waals surface area contributed by atoms with E-state index in [4.69, 9.17) is 10.5 Å². The van der Waals surface area contributed by atoms with Crippen molar-refractivity contribution < 1.29 is 9.53 Å². The fourth-order valence-corrected chi connectivity index (χ4v) is 2.67. The van der Waals surface area contributed by atoms with Crippen LogP contribution in [0.2, 0.25) is 0 Å². The van der Waals surface area contributed by atoms with E-state index in [0.717, 1.165) is 17.7 Å². The van der Waals surface area contributed by atoms with E-state index in [-0.39, 0.29) is 0 Å². The number of methoxy groups -OCH3 is 1. The highest BCUT2D eigenvalue weighted by Gasteiger charge is 2.28. The second-order valence-corrected chi connectivity index (χ2v) is 5.52. The third-order valence-corrected chi connectivity index (χ3v) is 3.94. The molecule has 0 unspecified atom stereocenters. The molecule has 104 valence electrons. The van der Waals surface area contributed by atoms with Crippen molar-refractivity contribution >= 4 is 23.4 Å². The summed E-state index contributed by atoms with van der Waals surface area (Å²) < 4.78 is 6.52. The minimum Gasteiger partial charge on any atom is -0.465 e. The van der Waals surface area contributed by atoms with Crippen LogP contribution >= 0.6 is 11.8 Å². The molecule has 1 aromatic heterocycles. The summed E-state index contributed by atoms with van der Waals surface area (Å²) in [5, 5.41) is 12.4. The van der Waals surface area contributed by atoms with Crippen LogP contribution in [-0.4, -0.2) is 33.3 Å². The van der Waals surface area contributed by atoms with Gasteiger partial charge in [0.2, 0.25) is 5.16 Å². The molecule has 0 amide bonds. The number of carbonyl (C=O) groups excluding carboxylic acids is 1. The van der Waals surface area contributed by atoms with Gasteiger partial charge in [0.05, 0.1) is 18.7 Å². The molecule has 1 fully saturated rings. The van der Waals surface area contributed by atoms with Crippen molar-refractivity contribution in [3.05, 3.63) is 23.8 Å². The summed E-state index contributed by atoms with van der Waals surface area (Å²) in [6.45, 7) is 0. The fourth-order valence-electron chi connectivity index (χ4n) is 1.79. The van der Waals surface area contributed by atoms with E-state index in [1.807, 2.05) is 10.7 Å². The highest BCUT2D eigenvalue weighted by atomic mass is 32.2. The number of tetrazole rings is 1. The van der Waals surface area contributed by atoms with Crippen molar-refractivity contribution in [3.63, 3.8) is 0 Å². The van der Waals surface area contributed by atoms with Gasteiger partial charge in [-0.1, -0.05) is 0 Å². The van der Waals surface area contributed by atoms with Crippen molar-refractivity contribution in [1.29, 1.82) is 0 Å². The lowest BCUT2D eigenvalue weighted by molar-refractivity contribution is 0.0601. The number of hydrogen-bond donors (Lipinski definition) is 1. The Bertz CT molecular complexity index is 653. The molecule has 0 aliphatic heterocycles. The zero-order valence-electron chi connectivity index (χ0n) is 10.8. The van der Waals surface area contributed by atoms with Crippen molar-refractivity contribution in [2.24, 2.45) is 0 Å². The highest BCUT2D eigenvalue weighted by molar-refractivity contribution is 7.99. The number of ether oxygens (including phenoxy) is 1. The average Bonchev–Trinajstić information content (AvgIpc) is 3.20. The van der Waals surface area contributed by atoms with Crippen LogP contribution in [0.15, 0.2) is 28.3 Å². The molecule has 2 N–H and O–H groups in total. The molecule has 0 radical (unpaired) electrons. The Morgan fingerprint density at radius 3 is 3.00 bits per heavy atom. The Hall–Kier alpha value is -2.09. The van der Waals surface area contributed by atoms with Gasteiger partial charge in [-0.05, 0) is 53.2 Å². The number of aromatic nitrogens is 4. The number of hydrogen-bond acceptors (Lipinski definition) is 7. The number of carbonyl (C=O) groups is 1. The summed E-state index contributed by atoms with van der Waals surface area (Å²) in [5.74, 6) is -0.452. The zero-order chi connectivity index (χ0) is 14.1. The average molecular weight is 291 g/mol. The molecule has 20 heavy (non-hydrogen) atoms. The molecule has 0 spiro atoms. The largest absolute Gasteiger partial charge is 0.465 e.